The van der Waals surface area contributed by atoms with Crippen molar-refractivity contribution in [2.45, 2.75) is 89.8 Å². The molecule has 3 aliphatic rings. The van der Waals surface area contributed by atoms with Gasteiger partial charge >= 0.3 is 14.2 Å². The summed E-state index contributed by atoms with van der Waals surface area (Å²) in [4.78, 5) is 0. The Hall–Kier alpha value is -0.0701. The molecule has 0 saturated carbocycles. The topological polar surface area (TPSA) is 46.2 Å². The molecule has 0 spiro atoms. The average molecular weight is 296 g/mol. The van der Waals surface area contributed by atoms with Gasteiger partial charge < -0.3 is 23.4 Å². The fraction of sp³-hybridized carbons (Fsp3) is 1.00. The van der Waals surface area contributed by atoms with Crippen molar-refractivity contribution in [3.8, 4) is 0 Å². The zero-order chi connectivity index (χ0) is 14.8. The van der Waals surface area contributed by atoms with Gasteiger partial charge in [-0.05, 0) is 19.6 Å². The molecule has 0 bridgehead atoms. The SMILES string of the molecule is CCCCB1OC2OC(C)C3OB(CCCC)OC3C2O1. The third-order valence-corrected chi connectivity index (χ3v) is 4.53. The van der Waals surface area contributed by atoms with Gasteiger partial charge in [0, 0.05) is 0 Å². The zero-order valence-corrected chi connectivity index (χ0v) is 13.3. The summed E-state index contributed by atoms with van der Waals surface area (Å²) < 4.78 is 30.0. The maximum Gasteiger partial charge on any atom is 0.459 e. The highest BCUT2D eigenvalue weighted by atomic mass is 16.8. The first kappa shape index (κ1) is 15.8. The lowest BCUT2D eigenvalue weighted by Crippen LogP contribution is -2.53. The minimum atomic E-state index is -0.309. The van der Waals surface area contributed by atoms with Crippen LogP contribution in [-0.2, 0) is 23.4 Å². The highest BCUT2D eigenvalue weighted by molar-refractivity contribution is 6.46. The summed E-state index contributed by atoms with van der Waals surface area (Å²) >= 11 is 0. The van der Waals surface area contributed by atoms with Crippen LogP contribution in [0.4, 0.5) is 0 Å². The van der Waals surface area contributed by atoms with Crippen molar-refractivity contribution in [3.05, 3.63) is 0 Å². The summed E-state index contributed by atoms with van der Waals surface area (Å²) in [5.74, 6) is 0. The summed E-state index contributed by atoms with van der Waals surface area (Å²) in [5, 5.41) is 0. The molecule has 5 unspecified atom stereocenters. The molecule has 0 aromatic heterocycles. The molecular weight excluding hydrogens is 270 g/mol. The molecule has 7 heteroatoms. The first-order valence-corrected chi connectivity index (χ1v) is 8.50. The number of hydrogen-bond donors (Lipinski definition) is 0. The number of rotatable bonds is 6. The Kier molecular flexibility index (Phi) is 5.27. The van der Waals surface area contributed by atoms with Crippen LogP contribution in [0.2, 0.25) is 12.6 Å². The van der Waals surface area contributed by atoms with Crippen molar-refractivity contribution in [1.82, 2.24) is 0 Å². The molecule has 0 aromatic carbocycles. The molecule has 5 atom stereocenters. The lowest BCUT2D eigenvalue weighted by molar-refractivity contribution is -0.209. The van der Waals surface area contributed by atoms with E-state index in [1.807, 2.05) is 6.92 Å². The predicted octanol–water partition coefficient (Wildman–Crippen LogP) is 2.51. The Labute approximate surface area is 128 Å². The standard InChI is InChI=1S/C14H26B2O5/c1-4-6-8-15-18-11-10(3)17-14-13(12(11)19-15)20-16(21-14)9-7-5-2/h10-14H,4-9H2,1-3H3. The Morgan fingerprint density at radius 3 is 2.00 bits per heavy atom. The van der Waals surface area contributed by atoms with E-state index in [0.717, 1.165) is 38.3 Å². The quantitative estimate of drug-likeness (QED) is 0.705. The van der Waals surface area contributed by atoms with Gasteiger partial charge in [-0.2, -0.15) is 0 Å². The average Bonchev–Trinajstić information content (AvgIpc) is 3.06. The molecular formula is C14H26B2O5. The maximum absolute atomic E-state index is 6.10. The number of ether oxygens (including phenoxy) is 1. The Balaban J connectivity index is 1.61. The van der Waals surface area contributed by atoms with Crippen molar-refractivity contribution in [2.75, 3.05) is 0 Å². The van der Waals surface area contributed by atoms with E-state index in [1.165, 1.54) is 0 Å². The lowest BCUT2D eigenvalue weighted by Gasteiger charge is -2.37. The second-order valence-corrected chi connectivity index (χ2v) is 6.29. The van der Waals surface area contributed by atoms with Gasteiger partial charge in [0.1, 0.15) is 6.10 Å². The third kappa shape index (κ3) is 3.32. The molecule has 21 heavy (non-hydrogen) atoms. The van der Waals surface area contributed by atoms with Crippen LogP contribution >= 0.6 is 0 Å². The summed E-state index contributed by atoms with van der Waals surface area (Å²) in [6.07, 6.45) is 5.78. The van der Waals surface area contributed by atoms with Crippen LogP contribution in [0, 0.1) is 0 Å². The smallest absolute Gasteiger partial charge is 0.403 e. The first-order valence-electron chi connectivity index (χ1n) is 8.50. The van der Waals surface area contributed by atoms with E-state index < -0.39 is 0 Å². The number of unbranched alkanes of at least 4 members (excludes halogenated alkanes) is 2. The van der Waals surface area contributed by atoms with Crippen molar-refractivity contribution < 1.29 is 23.4 Å². The van der Waals surface area contributed by atoms with E-state index in [0.29, 0.717) is 0 Å². The minimum Gasteiger partial charge on any atom is -0.403 e. The normalized spacial score (nSPS) is 38.7. The third-order valence-electron chi connectivity index (χ3n) is 4.53. The van der Waals surface area contributed by atoms with Gasteiger partial charge in [-0.15, -0.1) is 0 Å². The monoisotopic (exact) mass is 296 g/mol. The van der Waals surface area contributed by atoms with Gasteiger partial charge in [-0.1, -0.05) is 39.5 Å². The van der Waals surface area contributed by atoms with Crippen molar-refractivity contribution in [1.29, 1.82) is 0 Å². The van der Waals surface area contributed by atoms with Crippen molar-refractivity contribution >= 4 is 14.2 Å². The highest BCUT2D eigenvalue weighted by Crippen LogP contribution is 2.38. The second-order valence-electron chi connectivity index (χ2n) is 6.29. The van der Waals surface area contributed by atoms with Crippen LogP contribution in [0.3, 0.4) is 0 Å². The minimum absolute atomic E-state index is 0.0172. The van der Waals surface area contributed by atoms with Gasteiger partial charge in [0.25, 0.3) is 0 Å². The van der Waals surface area contributed by atoms with Crippen LogP contribution in [0.25, 0.3) is 0 Å². The van der Waals surface area contributed by atoms with Crippen LogP contribution in [0.15, 0.2) is 0 Å². The van der Waals surface area contributed by atoms with Crippen molar-refractivity contribution in [2.24, 2.45) is 0 Å². The Morgan fingerprint density at radius 2 is 1.33 bits per heavy atom. The lowest BCUT2D eigenvalue weighted by atomic mass is 9.82. The molecule has 3 saturated heterocycles. The fourth-order valence-corrected chi connectivity index (χ4v) is 3.32. The van der Waals surface area contributed by atoms with E-state index >= 15 is 0 Å². The van der Waals surface area contributed by atoms with Gasteiger partial charge in [0.2, 0.25) is 0 Å². The molecule has 3 aliphatic heterocycles. The van der Waals surface area contributed by atoms with Gasteiger partial charge in [-0.3, -0.25) is 0 Å². The van der Waals surface area contributed by atoms with Crippen LogP contribution in [0.5, 0.6) is 0 Å². The fourth-order valence-electron chi connectivity index (χ4n) is 3.32. The molecule has 0 aliphatic carbocycles. The molecule has 0 radical (unpaired) electrons. The van der Waals surface area contributed by atoms with Gasteiger partial charge in [0.05, 0.1) is 18.3 Å². The molecule has 118 valence electrons. The maximum atomic E-state index is 6.10. The van der Waals surface area contributed by atoms with Crippen LogP contribution in [-0.4, -0.2) is 44.9 Å². The summed E-state index contributed by atoms with van der Waals surface area (Å²) in [6.45, 7) is 6.38. The van der Waals surface area contributed by atoms with E-state index in [-0.39, 0.29) is 44.9 Å². The second kappa shape index (κ2) is 7.00. The molecule has 0 N–H and O–H groups in total. The largest absolute Gasteiger partial charge is 0.459 e. The molecule has 3 heterocycles. The Morgan fingerprint density at radius 1 is 0.762 bits per heavy atom. The Bertz CT molecular complexity index is 345. The van der Waals surface area contributed by atoms with Gasteiger partial charge in [-0.25, -0.2) is 0 Å². The molecule has 5 nitrogen and oxygen atoms in total. The van der Waals surface area contributed by atoms with E-state index in [2.05, 4.69) is 13.8 Å². The summed E-state index contributed by atoms with van der Waals surface area (Å²) in [6, 6.07) is 0. The zero-order valence-electron chi connectivity index (χ0n) is 13.3. The van der Waals surface area contributed by atoms with Gasteiger partial charge in [0.15, 0.2) is 6.29 Å². The number of fused-ring (bicyclic) bond motifs is 3. The first-order chi connectivity index (χ1) is 10.2. The summed E-state index contributed by atoms with van der Waals surface area (Å²) in [5.41, 5.74) is 0. The van der Waals surface area contributed by atoms with E-state index in [9.17, 15) is 0 Å². The van der Waals surface area contributed by atoms with Crippen LogP contribution < -0.4 is 0 Å². The van der Waals surface area contributed by atoms with E-state index in [1.54, 1.807) is 0 Å². The van der Waals surface area contributed by atoms with Crippen LogP contribution in [0.1, 0.15) is 46.5 Å². The highest BCUT2D eigenvalue weighted by Gasteiger charge is 2.57. The molecule has 0 aromatic rings. The molecule has 3 fully saturated rings. The van der Waals surface area contributed by atoms with Crippen molar-refractivity contribution in [3.63, 3.8) is 0 Å². The molecule has 0 amide bonds. The predicted molar refractivity (Wildman–Crippen MR) is 81.0 cm³/mol. The summed E-state index contributed by atoms with van der Waals surface area (Å²) in [7, 11) is -0.285. The number of hydrogen-bond acceptors (Lipinski definition) is 5. The van der Waals surface area contributed by atoms with E-state index in [4.69, 9.17) is 23.4 Å². The molecule has 3 rings (SSSR count).